The second kappa shape index (κ2) is 9.76. The largest absolute Gasteiger partial charge is 0.371 e. The molecule has 114 valence electrons. The fourth-order valence-corrected chi connectivity index (χ4v) is 2.49. The summed E-state index contributed by atoms with van der Waals surface area (Å²) in [6, 6.07) is 6.83. The van der Waals surface area contributed by atoms with Crippen LogP contribution in [0.15, 0.2) is 24.3 Å². The Bertz CT molecular complexity index is 351. The van der Waals surface area contributed by atoms with Gasteiger partial charge < -0.3 is 10.6 Å². The smallest absolute Gasteiger partial charge is 0.123 e. The molecule has 2 nitrogen and oxygen atoms in total. The van der Waals surface area contributed by atoms with Crippen LogP contribution in [0.4, 0.5) is 10.1 Å². The molecule has 0 heterocycles. The average Bonchev–Trinajstić information content (AvgIpc) is 2.48. The molecule has 0 fully saturated rings. The van der Waals surface area contributed by atoms with Crippen molar-refractivity contribution >= 4 is 5.69 Å². The first-order chi connectivity index (χ1) is 9.71. The normalized spacial score (nSPS) is 12.4. The predicted octanol–water partition coefficient (Wildman–Crippen LogP) is 4.20. The number of rotatable bonds is 10. The number of unbranched alkanes of at least 4 members (excludes halogenated alkanes) is 1. The summed E-state index contributed by atoms with van der Waals surface area (Å²) in [4.78, 5) is 2.36. The Labute approximate surface area is 123 Å². The third-order valence-electron chi connectivity index (χ3n) is 3.85. The molecule has 0 saturated carbocycles. The van der Waals surface area contributed by atoms with Crippen LogP contribution in [0, 0.1) is 11.7 Å². The van der Waals surface area contributed by atoms with E-state index in [0.717, 1.165) is 25.2 Å². The molecule has 1 atom stereocenters. The standard InChI is InChI=1S/C17H29FN2/c1-3-5-7-15(4-2)14-20(13-6-12-19)17-10-8-16(18)9-11-17/h8-11,15H,3-7,12-14,19H2,1-2H3. The minimum atomic E-state index is -0.175. The number of hydrogen-bond donors (Lipinski definition) is 1. The van der Waals surface area contributed by atoms with Crippen molar-refractivity contribution in [1.29, 1.82) is 0 Å². The average molecular weight is 280 g/mol. The molecule has 0 saturated heterocycles. The monoisotopic (exact) mass is 280 g/mol. The van der Waals surface area contributed by atoms with E-state index in [4.69, 9.17) is 5.73 Å². The van der Waals surface area contributed by atoms with Crippen molar-refractivity contribution in [2.24, 2.45) is 11.7 Å². The summed E-state index contributed by atoms with van der Waals surface area (Å²) in [6.45, 7) is 7.18. The summed E-state index contributed by atoms with van der Waals surface area (Å²) < 4.78 is 13.1. The lowest BCUT2D eigenvalue weighted by atomic mass is 9.98. The Balaban J connectivity index is 2.69. The van der Waals surface area contributed by atoms with Gasteiger partial charge in [0, 0.05) is 18.8 Å². The highest BCUT2D eigenvalue weighted by Gasteiger charge is 2.13. The van der Waals surface area contributed by atoms with Gasteiger partial charge in [0.05, 0.1) is 0 Å². The molecule has 1 rings (SSSR count). The maximum Gasteiger partial charge on any atom is 0.123 e. The summed E-state index contributed by atoms with van der Waals surface area (Å²) >= 11 is 0. The van der Waals surface area contributed by atoms with Crippen LogP contribution in [0.25, 0.3) is 0 Å². The zero-order chi connectivity index (χ0) is 14.8. The lowest BCUT2D eigenvalue weighted by Crippen LogP contribution is -2.31. The lowest BCUT2D eigenvalue weighted by Gasteiger charge is -2.29. The highest BCUT2D eigenvalue weighted by atomic mass is 19.1. The lowest BCUT2D eigenvalue weighted by molar-refractivity contribution is 0.444. The summed E-state index contributed by atoms with van der Waals surface area (Å²) in [5.74, 6) is 0.531. The molecule has 0 bridgehead atoms. The maximum atomic E-state index is 13.1. The number of benzene rings is 1. The van der Waals surface area contributed by atoms with E-state index >= 15 is 0 Å². The summed E-state index contributed by atoms with van der Waals surface area (Å²) in [6.07, 6.45) is 5.97. The van der Waals surface area contributed by atoms with Gasteiger partial charge in [0.25, 0.3) is 0 Å². The number of hydrogen-bond acceptors (Lipinski definition) is 2. The van der Waals surface area contributed by atoms with Crippen LogP contribution >= 0.6 is 0 Å². The minimum Gasteiger partial charge on any atom is -0.371 e. The molecule has 1 aromatic rings. The van der Waals surface area contributed by atoms with Crippen molar-refractivity contribution in [2.45, 2.75) is 46.0 Å². The van der Waals surface area contributed by atoms with E-state index in [-0.39, 0.29) is 5.82 Å². The number of halogens is 1. The van der Waals surface area contributed by atoms with E-state index in [2.05, 4.69) is 18.7 Å². The molecule has 0 spiro atoms. The van der Waals surface area contributed by atoms with Gasteiger partial charge in [-0.25, -0.2) is 4.39 Å². The number of nitrogens with two attached hydrogens (primary N) is 1. The second-order valence-electron chi connectivity index (χ2n) is 5.48. The Morgan fingerprint density at radius 2 is 1.85 bits per heavy atom. The van der Waals surface area contributed by atoms with Gasteiger partial charge in [-0.15, -0.1) is 0 Å². The SMILES string of the molecule is CCCCC(CC)CN(CCCN)c1ccc(F)cc1. The van der Waals surface area contributed by atoms with Gasteiger partial charge in [-0.1, -0.05) is 33.1 Å². The fraction of sp³-hybridized carbons (Fsp3) is 0.647. The topological polar surface area (TPSA) is 29.3 Å². The van der Waals surface area contributed by atoms with Crippen LogP contribution < -0.4 is 10.6 Å². The van der Waals surface area contributed by atoms with Gasteiger partial charge in [0.1, 0.15) is 5.82 Å². The third kappa shape index (κ3) is 5.91. The van der Waals surface area contributed by atoms with Crippen LogP contribution in [-0.4, -0.2) is 19.6 Å². The second-order valence-corrected chi connectivity index (χ2v) is 5.48. The molecular formula is C17H29FN2. The number of nitrogens with zero attached hydrogens (tertiary/aromatic N) is 1. The Morgan fingerprint density at radius 3 is 2.40 bits per heavy atom. The predicted molar refractivity (Wildman–Crippen MR) is 85.6 cm³/mol. The maximum absolute atomic E-state index is 13.1. The van der Waals surface area contributed by atoms with Gasteiger partial charge in [0.2, 0.25) is 0 Å². The molecule has 0 aromatic heterocycles. The van der Waals surface area contributed by atoms with E-state index in [1.165, 1.54) is 37.8 Å². The Hall–Kier alpha value is -1.09. The molecule has 0 aliphatic rings. The quantitative estimate of drug-likeness (QED) is 0.696. The summed E-state index contributed by atoms with van der Waals surface area (Å²) in [5.41, 5.74) is 6.74. The molecule has 0 aliphatic carbocycles. The van der Waals surface area contributed by atoms with Gasteiger partial charge >= 0.3 is 0 Å². The molecule has 0 aliphatic heterocycles. The highest BCUT2D eigenvalue weighted by Crippen LogP contribution is 2.20. The first kappa shape index (κ1) is 17.0. The van der Waals surface area contributed by atoms with Crippen molar-refractivity contribution in [3.8, 4) is 0 Å². The van der Waals surface area contributed by atoms with Crippen LogP contribution in [0.3, 0.4) is 0 Å². The molecule has 1 aromatic carbocycles. The minimum absolute atomic E-state index is 0.175. The summed E-state index contributed by atoms with van der Waals surface area (Å²) in [7, 11) is 0. The van der Waals surface area contributed by atoms with Crippen molar-refractivity contribution in [3.05, 3.63) is 30.1 Å². The van der Waals surface area contributed by atoms with Crippen molar-refractivity contribution in [1.82, 2.24) is 0 Å². The highest BCUT2D eigenvalue weighted by molar-refractivity contribution is 5.46. The van der Waals surface area contributed by atoms with Gasteiger partial charge in [-0.2, -0.15) is 0 Å². The van der Waals surface area contributed by atoms with Crippen molar-refractivity contribution in [3.63, 3.8) is 0 Å². The first-order valence-corrected chi connectivity index (χ1v) is 7.91. The molecule has 3 heteroatoms. The zero-order valence-corrected chi connectivity index (χ0v) is 12.9. The van der Waals surface area contributed by atoms with Crippen molar-refractivity contribution in [2.75, 3.05) is 24.5 Å². The molecular weight excluding hydrogens is 251 g/mol. The number of anilines is 1. The molecule has 20 heavy (non-hydrogen) atoms. The van der Waals surface area contributed by atoms with E-state index in [9.17, 15) is 4.39 Å². The molecule has 0 radical (unpaired) electrons. The van der Waals surface area contributed by atoms with E-state index in [0.29, 0.717) is 12.5 Å². The Morgan fingerprint density at radius 1 is 1.15 bits per heavy atom. The van der Waals surface area contributed by atoms with Crippen LogP contribution in [-0.2, 0) is 0 Å². The summed E-state index contributed by atoms with van der Waals surface area (Å²) in [5, 5.41) is 0. The Kier molecular flexibility index (Phi) is 8.28. The van der Waals surface area contributed by atoms with Gasteiger partial charge in [-0.05, 0) is 49.6 Å². The van der Waals surface area contributed by atoms with E-state index < -0.39 is 0 Å². The van der Waals surface area contributed by atoms with E-state index in [1.807, 2.05) is 12.1 Å². The first-order valence-electron chi connectivity index (χ1n) is 7.91. The van der Waals surface area contributed by atoms with Crippen molar-refractivity contribution < 1.29 is 4.39 Å². The van der Waals surface area contributed by atoms with Crippen LogP contribution in [0.1, 0.15) is 46.0 Å². The molecule has 2 N–H and O–H groups in total. The van der Waals surface area contributed by atoms with Gasteiger partial charge in [-0.3, -0.25) is 0 Å². The zero-order valence-electron chi connectivity index (χ0n) is 12.9. The molecule has 1 unspecified atom stereocenters. The van der Waals surface area contributed by atoms with Gasteiger partial charge in [0.15, 0.2) is 0 Å². The fourth-order valence-electron chi connectivity index (χ4n) is 2.49. The van der Waals surface area contributed by atoms with E-state index in [1.54, 1.807) is 0 Å². The van der Waals surface area contributed by atoms with Crippen LogP contribution in [0.2, 0.25) is 0 Å². The molecule has 0 amide bonds. The van der Waals surface area contributed by atoms with Crippen LogP contribution in [0.5, 0.6) is 0 Å². The third-order valence-corrected chi connectivity index (χ3v) is 3.85.